The van der Waals surface area contributed by atoms with E-state index in [1.54, 1.807) is 37.9 Å². The molecular weight excluding hydrogens is 438 g/mol. The Kier molecular flexibility index (Phi) is 7.69. The van der Waals surface area contributed by atoms with Crippen LogP contribution in [0.5, 0.6) is 5.75 Å². The molecule has 1 aromatic heterocycles. The van der Waals surface area contributed by atoms with E-state index in [-0.39, 0.29) is 28.5 Å². The summed E-state index contributed by atoms with van der Waals surface area (Å²) in [6.45, 7) is 1.59. The van der Waals surface area contributed by atoms with Crippen molar-refractivity contribution in [2.45, 2.75) is 29.6 Å². The van der Waals surface area contributed by atoms with Crippen molar-refractivity contribution < 1.29 is 22.4 Å². The number of ether oxygens (including phenoxy) is 1. The second kappa shape index (κ2) is 10.5. The number of nitrogens with zero attached hydrogens (tertiary/aromatic N) is 2. The van der Waals surface area contributed by atoms with Gasteiger partial charge in [0, 0.05) is 16.9 Å². The van der Waals surface area contributed by atoms with Crippen molar-refractivity contribution in [3.05, 3.63) is 48.5 Å². The summed E-state index contributed by atoms with van der Waals surface area (Å²) in [6, 6.07) is 14.0. The van der Waals surface area contributed by atoms with Crippen LogP contribution in [0.4, 0.5) is 6.01 Å². The number of hydrogen-bond acceptors (Lipinski definition) is 8. The lowest BCUT2D eigenvalue weighted by molar-refractivity contribution is -0.116. The van der Waals surface area contributed by atoms with Crippen LogP contribution in [0, 0.1) is 0 Å². The van der Waals surface area contributed by atoms with Gasteiger partial charge in [-0.3, -0.25) is 10.1 Å². The molecule has 0 bridgehead atoms. The minimum Gasteiger partial charge on any atom is -0.497 e. The average Bonchev–Trinajstić information content (AvgIpc) is 3.25. The number of benzene rings is 2. The Bertz CT molecular complexity index is 1110. The summed E-state index contributed by atoms with van der Waals surface area (Å²) in [4.78, 5) is 13.5. The monoisotopic (exact) mass is 461 g/mol. The van der Waals surface area contributed by atoms with Crippen molar-refractivity contribution in [2.75, 3.05) is 23.9 Å². The zero-order chi connectivity index (χ0) is 22.3. The smallest absolute Gasteiger partial charge is 0.322 e. The zero-order valence-corrected chi connectivity index (χ0v) is 18.8. The molecule has 0 unspecified atom stereocenters. The molecule has 10 heteroatoms. The van der Waals surface area contributed by atoms with E-state index in [0.717, 1.165) is 16.4 Å². The van der Waals surface area contributed by atoms with Crippen molar-refractivity contribution in [1.82, 2.24) is 10.2 Å². The van der Waals surface area contributed by atoms with Crippen LogP contribution in [-0.2, 0) is 14.6 Å². The van der Waals surface area contributed by atoms with Crippen LogP contribution >= 0.6 is 11.8 Å². The highest BCUT2D eigenvalue weighted by molar-refractivity contribution is 7.99. The Morgan fingerprint density at radius 3 is 2.45 bits per heavy atom. The lowest BCUT2D eigenvalue weighted by Crippen LogP contribution is -2.11. The highest BCUT2D eigenvalue weighted by Gasteiger charge is 2.14. The number of aromatic nitrogens is 2. The fourth-order valence-electron chi connectivity index (χ4n) is 2.64. The Labute approximate surface area is 185 Å². The molecule has 0 aliphatic rings. The number of amides is 1. The van der Waals surface area contributed by atoms with Crippen molar-refractivity contribution in [1.29, 1.82) is 0 Å². The fraction of sp³-hybridized carbons (Fsp3) is 0.286. The van der Waals surface area contributed by atoms with Crippen molar-refractivity contribution >= 4 is 33.5 Å². The first-order valence-corrected chi connectivity index (χ1v) is 12.3. The van der Waals surface area contributed by atoms with Gasteiger partial charge in [-0.05, 0) is 60.7 Å². The molecular formula is C21H23N3O5S2. The zero-order valence-electron chi connectivity index (χ0n) is 17.2. The van der Waals surface area contributed by atoms with Gasteiger partial charge in [-0.1, -0.05) is 12.0 Å². The van der Waals surface area contributed by atoms with Crippen molar-refractivity contribution in [3.63, 3.8) is 0 Å². The third kappa shape index (κ3) is 6.31. The molecule has 0 atom stereocenters. The summed E-state index contributed by atoms with van der Waals surface area (Å²) >= 11 is 1.66. The first-order valence-electron chi connectivity index (χ1n) is 9.64. The van der Waals surface area contributed by atoms with E-state index in [1.807, 2.05) is 24.3 Å². The molecule has 1 N–H and O–H groups in total. The van der Waals surface area contributed by atoms with E-state index < -0.39 is 9.84 Å². The van der Waals surface area contributed by atoms with Gasteiger partial charge in [0.05, 0.1) is 17.8 Å². The molecule has 0 spiro atoms. The Morgan fingerprint density at radius 2 is 1.81 bits per heavy atom. The largest absolute Gasteiger partial charge is 0.497 e. The summed E-state index contributed by atoms with van der Waals surface area (Å²) in [5, 5.41) is 10.3. The average molecular weight is 462 g/mol. The number of anilines is 1. The van der Waals surface area contributed by atoms with Gasteiger partial charge >= 0.3 is 6.01 Å². The molecule has 0 saturated carbocycles. The summed E-state index contributed by atoms with van der Waals surface area (Å²) in [5.74, 6) is 1.62. The third-order valence-corrected chi connectivity index (χ3v) is 7.24. The number of sulfone groups is 1. The minimum atomic E-state index is -3.27. The summed E-state index contributed by atoms with van der Waals surface area (Å²) in [6.07, 6.45) is 1.02. The molecule has 2 aromatic carbocycles. The number of carbonyl (C=O) groups is 1. The predicted molar refractivity (Wildman–Crippen MR) is 119 cm³/mol. The molecule has 3 rings (SSSR count). The van der Waals surface area contributed by atoms with Crippen LogP contribution in [0.1, 0.15) is 19.8 Å². The number of carbonyl (C=O) groups excluding carboxylic acids is 1. The Hall–Kier alpha value is -2.85. The van der Waals surface area contributed by atoms with Crippen LogP contribution in [0.15, 0.2) is 62.7 Å². The van der Waals surface area contributed by atoms with Gasteiger partial charge in [-0.2, -0.15) is 0 Å². The standard InChI is InChI=1S/C21H23N3O5S2/c1-3-31(26,27)18-12-6-15(7-13-18)20-23-24-21(29-20)22-19(25)5-4-14-30-17-10-8-16(28-2)9-11-17/h6-13H,3-5,14H2,1-2H3,(H,22,24,25). The minimum absolute atomic E-state index is 0.00747. The molecule has 0 aliphatic carbocycles. The topological polar surface area (TPSA) is 111 Å². The van der Waals surface area contributed by atoms with Crippen LogP contribution < -0.4 is 10.1 Å². The Balaban J connectivity index is 1.47. The molecule has 0 aliphatic heterocycles. The molecule has 3 aromatic rings. The van der Waals surface area contributed by atoms with E-state index in [0.29, 0.717) is 18.4 Å². The fourth-order valence-corrected chi connectivity index (χ4v) is 4.38. The Morgan fingerprint density at radius 1 is 1.10 bits per heavy atom. The van der Waals surface area contributed by atoms with Gasteiger partial charge in [-0.15, -0.1) is 16.9 Å². The van der Waals surface area contributed by atoms with Gasteiger partial charge in [0.25, 0.3) is 0 Å². The normalized spacial score (nSPS) is 11.3. The van der Waals surface area contributed by atoms with E-state index >= 15 is 0 Å². The highest BCUT2D eigenvalue weighted by atomic mass is 32.2. The van der Waals surface area contributed by atoms with E-state index in [4.69, 9.17) is 9.15 Å². The van der Waals surface area contributed by atoms with E-state index in [1.165, 1.54) is 12.1 Å². The number of methoxy groups -OCH3 is 1. The van der Waals surface area contributed by atoms with E-state index in [9.17, 15) is 13.2 Å². The highest BCUT2D eigenvalue weighted by Crippen LogP contribution is 2.24. The van der Waals surface area contributed by atoms with Crippen LogP contribution in [0.3, 0.4) is 0 Å². The number of hydrogen-bond donors (Lipinski definition) is 1. The second-order valence-corrected chi connectivity index (χ2v) is 9.96. The van der Waals surface area contributed by atoms with Gasteiger partial charge in [0.15, 0.2) is 9.84 Å². The third-order valence-electron chi connectivity index (χ3n) is 4.39. The molecule has 8 nitrogen and oxygen atoms in total. The van der Waals surface area contributed by atoms with Crippen molar-refractivity contribution in [2.24, 2.45) is 0 Å². The lowest BCUT2D eigenvalue weighted by atomic mass is 10.2. The molecule has 0 saturated heterocycles. The van der Waals surface area contributed by atoms with Crippen LogP contribution in [-0.4, -0.2) is 43.1 Å². The summed E-state index contributed by atoms with van der Waals surface area (Å²) in [5.41, 5.74) is 0.568. The SMILES string of the molecule is CCS(=O)(=O)c1ccc(-c2nnc(NC(=O)CCCSc3ccc(OC)cc3)o2)cc1. The van der Waals surface area contributed by atoms with E-state index in [2.05, 4.69) is 15.5 Å². The van der Waals surface area contributed by atoms with Gasteiger partial charge < -0.3 is 9.15 Å². The maximum Gasteiger partial charge on any atom is 0.322 e. The number of thioether (sulfide) groups is 1. The molecule has 1 heterocycles. The molecule has 0 fully saturated rings. The molecule has 164 valence electrons. The maximum atomic E-state index is 12.1. The maximum absolute atomic E-state index is 12.1. The molecule has 31 heavy (non-hydrogen) atoms. The summed E-state index contributed by atoms with van der Waals surface area (Å²) in [7, 11) is -1.64. The quantitative estimate of drug-likeness (QED) is 0.356. The number of rotatable bonds is 10. The van der Waals surface area contributed by atoms with Gasteiger partial charge in [-0.25, -0.2) is 8.42 Å². The first-order chi connectivity index (χ1) is 14.9. The molecule has 0 radical (unpaired) electrons. The van der Waals surface area contributed by atoms with Crippen LogP contribution in [0.2, 0.25) is 0 Å². The number of nitrogens with one attached hydrogen (secondary N) is 1. The van der Waals surface area contributed by atoms with Gasteiger partial charge in [0.2, 0.25) is 11.8 Å². The molecule has 1 amide bonds. The van der Waals surface area contributed by atoms with Crippen LogP contribution in [0.25, 0.3) is 11.5 Å². The predicted octanol–water partition coefficient (Wildman–Crippen LogP) is 4.05. The van der Waals surface area contributed by atoms with Gasteiger partial charge in [0.1, 0.15) is 5.75 Å². The summed E-state index contributed by atoms with van der Waals surface area (Å²) < 4.78 is 34.4. The second-order valence-electron chi connectivity index (χ2n) is 6.52. The van der Waals surface area contributed by atoms with Crippen molar-refractivity contribution in [3.8, 4) is 17.2 Å². The lowest BCUT2D eigenvalue weighted by Gasteiger charge is -2.04. The first kappa shape index (κ1) is 22.8.